The molecule has 2 aliphatic rings. The fourth-order valence-corrected chi connectivity index (χ4v) is 4.26. The molecule has 2 fully saturated rings. The molecule has 0 N–H and O–H groups in total. The third kappa shape index (κ3) is 3.59. The Bertz CT molecular complexity index is 715. The summed E-state index contributed by atoms with van der Waals surface area (Å²) in [6.45, 7) is 10.3. The van der Waals surface area contributed by atoms with Crippen LogP contribution in [0.15, 0.2) is 23.0 Å². The largest absolute Gasteiger partial charge is 0.379 e. The van der Waals surface area contributed by atoms with Gasteiger partial charge in [-0.25, -0.2) is 9.97 Å². The highest BCUT2D eigenvalue weighted by atomic mass is 16.5. The number of hydrogen-bond donors (Lipinski definition) is 0. The zero-order valence-electron chi connectivity index (χ0n) is 15.6. The number of aromatic nitrogens is 3. The van der Waals surface area contributed by atoms with Gasteiger partial charge < -0.3 is 14.2 Å². The Balaban J connectivity index is 1.51. The summed E-state index contributed by atoms with van der Waals surface area (Å²) in [5.41, 5.74) is 2.34. The van der Waals surface area contributed by atoms with Gasteiger partial charge in [0, 0.05) is 49.6 Å². The maximum Gasteiger partial charge on any atom is 0.225 e. The van der Waals surface area contributed by atoms with Crippen molar-refractivity contribution in [2.24, 2.45) is 5.41 Å². The third-order valence-corrected chi connectivity index (χ3v) is 5.58. The lowest BCUT2D eigenvalue weighted by atomic mass is 9.80. The smallest absolute Gasteiger partial charge is 0.225 e. The van der Waals surface area contributed by atoms with Gasteiger partial charge >= 0.3 is 0 Å². The van der Waals surface area contributed by atoms with Crippen LogP contribution in [0.2, 0.25) is 0 Å². The van der Waals surface area contributed by atoms with Crippen LogP contribution in [-0.2, 0) is 11.3 Å². The van der Waals surface area contributed by atoms with Crippen molar-refractivity contribution in [3.05, 3.63) is 35.5 Å². The lowest BCUT2D eigenvalue weighted by Crippen LogP contribution is -2.50. The van der Waals surface area contributed by atoms with E-state index < -0.39 is 0 Å². The summed E-state index contributed by atoms with van der Waals surface area (Å²) < 4.78 is 11.4. The lowest BCUT2D eigenvalue weighted by molar-refractivity contribution is 0.0105. The molecule has 26 heavy (non-hydrogen) atoms. The Kier molecular flexibility index (Phi) is 4.91. The molecular formula is C19H27N5O2. The lowest BCUT2D eigenvalue weighted by Gasteiger charge is -2.43. The molecule has 0 unspecified atom stereocenters. The second-order valence-corrected chi connectivity index (χ2v) is 7.64. The fraction of sp³-hybridized carbons (Fsp3) is 0.632. The van der Waals surface area contributed by atoms with Crippen molar-refractivity contribution in [1.29, 1.82) is 0 Å². The van der Waals surface area contributed by atoms with Crippen LogP contribution in [0.1, 0.15) is 29.9 Å². The van der Waals surface area contributed by atoms with E-state index in [1.54, 1.807) is 0 Å². The first-order valence-corrected chi connectivity index (χ1v) is 9.39. The summed E-state index contributed by atoms with van der Waals surface area (Å²) in [6, 6.07) is 1.86. The highest BCUT2D eigenvalue weighted by molar-refractivity contribution is 5.30. The van der Waals surface area contributed by atoms with Crippen molar-refractivity contribution >= 4 is 5.95 Å². The molecule has 7 nitrogen and oxygen atoms in total. The molecule has 2 saturated heterocycles. The second-order valence-electron chi connectivity index (χ2n) is 7.64. The van der Waals surface area contributed by atoms with E-state index in [-0.39, 0.29) is 5.41 Å². The van der Waals surface area contributed by atoms with Gasteiger partial charge in [-0.1, -0.05) is 5.16 Å². The van der Waals surface area contributed by atoms with Crippen molar-refractivity contribution in [3.63, 3.8) is 0 Å². The first-order valence-electron chi connectivity index (χ1n) is 9.39. The summed E-state index contributed by atoms with van der Waals surface area (Å²) >= 11 is 0. The predicted molar refractivity (Wildman–Crippen MR) is 98.0 cm³/mol. The molecular weight excluding hydrogens is 330 g/mol. The van der Waals surface area contributed by atoms with Crippen molar-refractivity contribution in [3.8, 4) is 0 Å². The third-order valence-electron chi connectivity index (χ3n) is 5.58. The minimum absolute atomic E-state index is 0.118. The number of anilines is 1. The minimum atomic E-state index is 0.118. The van der Waals surface area contributed by atoms with E-state index in [1.165, 1.54) is 18.4 Å². The first-order chi connectivity index (χ1) is 12.7. The van der Waals surface area contributed by atoms with Crippen molar-refractivity contribution in [2.75, 3.05) is 44.3 Å². The zero-order valence-corrected chi connectivity index (χ0v) is 15.6. The van der Waals surface area contributed by atoms with Gasteiger partial charge in [0.1, 0.15) is 5.76 Å². The minimum Gasteiger partial charge on any atom is -0.379 e. The van der Waals surface area contributed by atoms with Crippen molar-refractivity contribution in [1.82, 2.24) is 20.0 Å². The standard InChI is InChI=1S/C19H27N5O2/c1-15-17(16(2)26-22-15)11-23-8-3-5-19(12-23)13-24(9-10-25-14-19)18-20-6-4-7-21-18/h4,6-7H,3,5,8-14H2,1-2H3/t19-/m1/s1. The Morgan fingerprint density at radius 2 is 2.00 bits per heavy atom. The Labute approximate surface area is 154 Å². The van der Waals surface area contributed by atoms with Gasteiger partial charge in [-0.15, -0.1) is 0 Å². The number of likely N-dealkylation sites (tertiary alicyclic amines) is 1. The van der Waals surface area contributed by atoms with Gasteiger partial charge in [-0.3, -0.25) is 4.90 Å². The summed E-state index contributed by atoms with van der Waals surface area (Å²) in [7, 11) is 0. The molecule has 0 saturated carbocycles. The maximum atomic E-state index is 6.02. The van der Waals surface area contributed by atoms with Gasteiger partial charge in [0.25, 0.3) is 0 Å². The summed E-state index contributed by atoms with van der Waals surface area (Å²) in [5.74, 6) is 1.73. The van der Waals surface area contributed by atoms with Crippen LogP contribution in [0.25, 0.3) is 0 Å². The predicted octanol–water partition coefficient (Wildman–Crippen LogP) is 2.20. The molecule has 4 heterocycles. The summed E-state index contributed by atoms with van der Waals surface area (Å²) in [5, 5.41) is 4.10. The van der Waals surface area contributed by atoms with Crippen LogP contribution in [0, 0.1) is 19.3 Å². The van der Waals surface area contributed by atoms with Crippen LogP contribution >= 0.6 is 0 Å². The highest BCUT2D eigenvalue weighted by Gasteiger charge is 2.39. The average Bonchev–Trinajstić information content (AvgIpc) is 2.85. The summed E-state index contributed by atoms with van der Waals surface area (Å²) in [4.78, 5) is 13.7. The van der Waals surface area contributed by atoms with Crippen LogP contribution in [0.4, 0.5) is 5.95 Å². The van der Waals surface area contributed by atoms with E-state index in [0.717, 1.165) is 63.3 Å². The van der Waals surface area contributed by atoms with Gasteiger partial charge in [0.15, 0.2) is 0 Å². The van der Waals surface area contributed by atoms with Crippen LogP contribution in [-0.4, -0.2) is 59.4 Å². The van der Waals surface area contributed by atoms with Gasteiger partial charge in [-0.05, 0) is 39.3 Å². The fourth-order valence-electron chi connectivity index (χ4n) is 4.26. The Hall–Kier alpha value is -1.99. The Morgan fingerprint density at radius 1 is 1.15 bits per heavy atom. The molecule has 140 valence electrons. The molecule has 0 aromatic carbocycles. The van der Waals surface area contributed by atoms with E-state index in [0.29, 0.717) is 0 Å². The van der Waals surface area contributed by atoms with Gasteiger partial charge in [0.05, 0.1) is 18.9 Å². The van der Waals surface area contributed by atoms with Gasteiger partial charge in [0.2, 0.25) is 5.95 Å². The van der Waals surface area contributed by atoms with E-state index in [2.05, 4.69) is 24.9 Å². The molecule has 1 spiro atoms. The average molecular weight is 357 g/mol. The monoisotopic (exact) mass is 357 g/mol. The molecule has 1 atom stereocenters. The molecule has 0 bridgehead atoms. The van der Waals surface area contributed by atoms with Crippen LogP contribution in [0.5, 0.6) is 0 Å². The number of aryl methyl sites for hydroxylation is 2. The molecule has 0 aliphatic carbocycles. The SMILES string of the molecule is Cc1noc(C)c1CN1CCC[C@@]2(COCCN(c3ncccn3)C2)C1. The number of ether oxygens (including phenoxy) is 1. The number of rotatable bonds is 3. The van der Waals surface area contributed by atoms with Crippen LogP contribution in [0.3, 0.4) is 0 Å². The molecule has 0 amide bonds. The topological polar surface area (TPSA) is 67.5 Å². The quantitative estimate of drug-likeness (QED) is 0.834. The van der Waals surface area contributed by atoms with E-state index >= 15 is 0 Å². The Morgan fingerprint density at radius 3 is 2.77 bits per heavy atom. The van der Waals surface area contributed by atoms with Crippen molar-refractivity contribution in [2.45, 2.75) is 33.2 Å². The van der Waals surface area contributed by atoms with Crippen molar-refractivity contribution < 1.29 is 9.26 Å². The van der Waals surface area contributed by atoms with Crippen LogP contribution < -0.4 is 4.90 Å². The maximum absolute atomic E-state index is 6.02. The first kappa shape index (κ1) is 17.4. The normalized spacial score (nSPS) is 24.8. The highest BCUT2D eigenvalue weighted by Crippen LogP contribution is 2.34. The zero-order chi connectivity index (χ0) is 18.0. The molecule has 2 aromatic heterocycles. The van der Waals surface area contributed by atoms with E-state index in [4.69, 9.17) is 9.26 Å². The number of hydrogen-bond acceptors (Lipinski definition) is 7. The van der Waals surface area contributed by atoms with Gasteiger partial charge in [-0.2, -0.15) is 0 Å². The molecule has 2 aromatic rings. The second kappa shape index (κ2) is 7.32. The van der Waals surface area contributed by atoms with E-state index in [9.17, 15) is 0 Å². The molecule has 2 aliphatic heterocycles. The molecule has 0 radical (unpaired) electrons. The summed E-state index contributed by atoms with van der Waals surface area (Å²) in [6.07, 6.45) is 5.97. The number of nitrogens with zero attached hydrogens (tertiary/aromatic N) is 5. The van der Waals surface area contributed by atoms with E-state index in [1.807, 2.05) is 32.3 Å². The molecule has 7 heteroatoms. The number of piperidine rings is 1. The molecule has 4 rings (SSSR count).